The van der Waals surface area contributed by atoms with Gasteiger partial charge in [-0.25, -0.2) is 0 Å². The molecule has 2 rings (SSSR count). The number of carbonyl (C=O) groups excluding carboxylic acids is 1. The number of nitrogens with zero attached hydrogens (tertiary/aromatic N) is 1. The van der Waals surface area contributed by atoms with Crippen LogP contribution in [0.3, 0.4) is 0 Å². The van der Waals surface area contributed by atoms with Crippen LogP contribution in [0.15, 0.2) is 53.5 Å². The van der Waals surface area contributed by atoms with Crippen molar-refractivity contribution in [2.24, 2.45) is 4.99 Å². The molecule has 2 N–H and O–H groups in total. The van der Waals surface area contributed by atoms with Crippen molar-refractivity contribution in [2.75, 3.05) is 17.3 Å². The molecule has 0 bridgehead atoms. The lowest BCUT2D eigenvalue weighted by Gasteiger charge is -2.11. The second-order valence-electron chi connectivity index (χ2n) is 4.27. The van der Waals surface area contributed by atoms with Crippen LogP contribution in [0.1, 0.15) is 5.56 Å². The molecule has 20 heavy (non-hydrogen) atoms. The Morgan fingerprint density at radius 2 is 1.80 bits per heavy atom. The SMILES string of the molecule is C=Nc1ccccc1NCNc1ccc(CC=O)cc1. The number of nitrogens with one attached hydrogen (secondary N) is 2. The molecule has 102 valence electrons. The molecule has 0 heterocycles. The van der Waals surface area contributed by atoms with Gasteiger partial charge in [0.15, 0.2) is 0 Å². The van der Waals surface area contributed by atoms with E-state index in [1.807, 2.05) is 48.5 Å². The Kier molecular flexibility index (Phi) is 4.89. The third-order valence-electron chi connectivity index (χ3n) is 2.92. The Hall–Kier alpha value is -2.62. The number of rotatable bonds is 7. The summed E-state index contributed by atoms with van der Waals surface area (Å²) in [6.07, 6.45) is 1.36. The number of aliphatic imine (C=N–C) groups is 1. The third-order valence-corrected chi connectivity index (χ3v) is 2.92. The Bertz CT molecular complexity index is 579. The van der Waals surface area contributed by atoms with Crippen molar-refractivity contribution in [2.45, 2.75) is 6.42 Å². The number of benzene rings is 2. The molecule has 0 aliphatic rings. The van der Waals surface area contributed by atoms with Crippen LogP contribution in [0.25, 0.3) is 0 Å². The number of hydrogen-bond acceptors (Lipinski definition) is 4. The van der Waals surface area contributed by atoms with Gasteiger partial charge in [0.1, 0.15) is 6.29 Å². The summed E-state index contributed by atoms with van der Waals surface area (Å²) in [5.74, 6) is 0. The maximum atomic E-state index is 10.4. The Morgan fingerprint density at radius 3 is 2.50 bits per heavy atom. The molecule has 0 aromatic heterocycles. The van der Waals surface area contributed by atoms with Crippen LogP contribution in [0.4, 0.5) is 17.1 Å². The van der Waals surface area contributed by atoms with E-state index in [1.54, 1.807) is 0 Å². The van der Waals surface area contributed by atoms with E-state index in [4.69, 9.17) is 0 Å². The lowest BCUT2D eigenvalue weighted by molar-refractivity contribution is -0.107. The fourth-order valence-electron chi connectivity index (χ4n) is 1.86. The molecule has 0 saturated heterocycles. The Labute approximate surface area is 118 Å². The van der Waals surface area contributed by atoms with Crippen LogP contribution in [0, 0.1) is 0 Å². The first-order chi connectivity index (χ1) is 9.83. The summed E-state index contributed by atoms with van der Waals surface area (Å²) in [5.41, 5.74) is 3.78. The molecule has 0 aliphatic heterocycles. The topological polar surface area (TPSA) is 53.5 Å². The zero-order valence-electron chi connectivity index (χ0n) is 11.2. The Balaban J connectivity index is 1.89. The van der Waals surface area contributed by atoms with Crippen LogP contribution >= 0.6 is 0 Å². The van der Waals surface area contributed by atoms with Gasteiger partial charge in [-0.05, 0) is 36.5 Å². The van der Waals surface area contributed by atoms with Crippen LogP contribution in [0.2, 0.25) is 0 Å². The van der Waals surface area contributed by atoms with Crippen LogP contribution in [-0.4, -0.2) is 19.7 Å². The predicted octanol–water partition coefficient (Wildman–Crippen LogP) is 3.24. The summed E-state index contributed by atoms with van der Waals surface area (Å²) in [6, 6.07) is 15.5. The van der Waals surface area contributed by atoms with Crippen molar-refractivity contribution in [3.05, 3.63) is 54.1 Å². The highest BCUT2D eigenvalue weighted by Gasteiger charge is 1.98. The predicted molar refractivity (Wildman–Crippen MR) is 84.0 cm³/mol. The van der Waals surface area contributed by atoms with Crippen molar-refractivity contribution >= 4 is 30.1 Å². The third kappa shape index (κ3) is 3.68. The molecule has 0 unspecified atom stereocenters. The van der Waals surface area contributed by atoms with E-state index in [-0.39, 0.29) is 0 Å². The zero-order chi connectivity index (χ0) is 14.2. The fraction of sp³-hybridized carbons (Fsp3) is 0.125. The lowest BCUT2D eigenvalue weighted by Crippen LogP contribution is -2.11. The second-order valence-corrected chi connectivity index (χ2v) is 4.27. The Morgan fingerprint density at radius 1 is 1.05 bits per heavy atom. The molecule has 0 aliphatic carbocycles. The van der Waals surface area contributed by atoms with Gasteiger partial charge in [0.25, 0.3) is 0 Å². The molecule has 0 saturated carbocycles. The smallest absolute Gasteiger partial charge is 0.124 e. The van der Waals surface area contributed by atoms with Gasteiger partial charge >= 0.3 is 0 Å². The maximum absolute atomic E-state index is 10.4. The highest BCUT2D eigenvalue weighted by Crippen LogP contribution is 2.23. The molecule has 0 fully saturated rings. The van der Waals surface area contributed by atoms with Gasteiger partial charge in [-0.15, -0.1) is 0 Å². The van der Waals surface area contributed by atoms with E-state index >= 15 is 0 Å². The van der Waals surface area contributed by atoms with Gasteiger partial charge in [0, 0.05) is 12.1 Å². The molecule has 0 amide bonds. The number of aldehydes is 1. The summed E-state index contributed by atoms with van der Waals surface area (Å²) in [5, 5.41) is 6.50. The van der Waals surface area contributed by atoms with Gasteiger partial charge in [-0.1, -0.05) is 24.3 Å². The largest absolute Gasteiger partial charge is 0.368 e. The molecule has 4 nitrogen and oxygen atoms in total. The molecule has 2 aromatic carbocycles. The molecule has 0 spiro atoms. The minimum Gasteiger partial charge on any atom is -0.368 e. The minimum absolute atomic E-state index is 0.455. The zero-order valence-corrected chi connectivity index (χ0v) is 11.2. The first-order valence-corrected chi connectivity index (χ1v) is 6.39. The van der Waals surface area contributed by atoms with E-state index in [1.165, 1.54) is 0 Å². The first-order valence-electron chi connectivity index (χ1n) is 6.39. The second kappa shape index (κ2) is 7.09. The van der Waals surface area contributed by atoms with Crippen molar-refractivity contribution in [3.8, 4) is 0 Å². The molecule has 4 heteroatoms. The van der Waals surface area contributed by atoms with E-state index in [2.05, 4.69) is 22.3 Å². The highest BCUT2D eigenvalue weighted by atomic mass is 16.1. The number of carbonyl (C=O) groups is 1. The van der Waals surface area contributed by atoms with Crippen LogP contribution in [0.5, 0.6) is 0 Å². The van der Waals surface area contributed by atoms with Crippen LogP contribution in [-0.2, 0) is 11.2 Å². The summed E-state index contributed by atoms with van der Waals surface area (Å²) in [4.78, 5) is 14.4. The van der Waals surface area contributed by atoms with E-state index < -0.39 is 0 Å². The quantitative estimate of drug-likeness (QED) is 0.460. The lowest BCUT2D eigenvalue weighted by atomic mass is 10.1. The molecular weight excluding hydrogens is 250 g/mol. The van der Waals surface area contributed by atoms with Crippen molar-refractivity contribution < 1.29 is 4.79 Å². The normalized spacial score (nSPS) is 9.80. The van der Waals surface area contributed by atoms with Gasteiger partial charge in [0.05, 0.1) is 18.0 Å². The van der Waals surface area contributed by atoms with Crippen LogP contribution < -0.4 is 10.6 Å². The minimum atomic E-state index is 0.455. The van der Waals surface area contributed by atoms with Gasteiger partial charge in [-0.3, -0.25) is 4.99 Å². The average molecular weight is 267 g/mol. The van der Waals surface area contributed by atoms with Gasteiger partial charge in [0.2, 0.25) is 0 Å². The molecular formula is C16H17N3O. The van der Waals surface area contributed by atoms with E-state index in [0.29, 0.717) is 13.1 Å². The highest BCUT2D eigenvalue weighted by molar-refractivity contribution is 5.67. The summed E-state index contributed by atoms with van der Waals surface area (Å²) in [7, 11) is 0. The molecule has 0 radical (unpaired) electrons. The monoisotopic (exact) mass is 267 g/mol. The number of hydrogen-bond donors (Lipinski definition) is 2. The van der Waals surface area contributed by atoms with Crippen molar-refractivity contribution in [3.63, 3.8) is 0 Å². The molecule has 0 atom stereocenters. The summed E-state index contributed by atoms with van der Waals surface area (Å²) < 4.78 is 0. The van der Waals surface area contributed by atoms with E-state index in [0.717, 1.165) is 28.9 Å². The van der Waals surface area contributed by atoms with Gasteiger partial charge in [-0.2, -0.15) is 0 Å². The first kappa shape index (κ1) is 13.8. The summed E-state index contributed by atoms with van der Waals surface area (Å²) >= 11 is 0. The van der Waals surface area contributed by atoms with Crippen molar-refractivity contribution in [1.29, 1.82) is 0 Å². The van der Waals surface area contributed by atoms with Gasteiger partial charge < -0.3 is 15.4 Å². The number of para-hydroxylation sites is 2. The van der Waals surface area contributed by atoms with E-state index in [9.17, 15) is 4.79 Å². The summed E-state index contributed by atoms with van der Waals surface area (Å²) in [6.45, 7) is 4.13. The number of anilines is 2. The fourth-order valence-corrected chi connectivity index (χ4v) is 1.86. The maximum Gasteiger partial charge on any atom is 0.124 e. The standard InChI is InChI=1S/C16H17N3O/c1-17-15-4-2-3-5-16(15)19-12-18-14-8-6-13(7-9-14)10-11-20/h2-9,11,18-19H,1,10,12H2. The average Bonchev–Trinajstić information content (AvgIpc) is 2.50. The molecule has 2 aromatic rings. The van der Waals surface area contributed by atoms with Crippen molar-refractivity contribution in [1.82, 2.24) is 0 Å².